The van der Waals surface area contributed by atoms with Crippen LogP contribution in [0.5, 0.6) is 0 Å². The highest BCUT2D eigenvalue weighted by atomic mass is 32.2. The van der Waals surface area contributed by atoms with Crippen LogP contribution in [0.2, 0.25) is 0 Å². The average Bonchev–Trinajstić information content (AvgIpc) is 3.20. The number of hydrogen-bond donors (Lipinski definition) is 2. The molecule has 1 heterocycles. The van der Waals surface area contributed by atoms with Gasteiger partial charge in [0.1, 0.15) is 6.33 Å². The first-order valence-electron chi connectivity index (χ1n) is 9.16. The number of benzene rings is 2. The van der Waals surface area contributed by atoms with Crippen molar-refractivity contribution in [2.75, 3.05) is 6.54 Å². The van der Waals surface area contributed by atoms with Gasteiger partial charge in [-0.05, 0) is 36.1 Å². The number of rotatable bonds is 7. The van der Waals surface area contributed by atoms with Gasteiger partial charge in [-0.2, -0.15) is 5.10 Å². The molecule has 138 valence electrons. The van der Waals surface area contributed by atoms with E-state index in [9.17, 15) is 4.79 Å². The van der Waals surface area contributed by atoms with Gasteiger partial charge in [-0.3, -0.25) is 9.89 Å². The van der Waals surface area contributed by atoms with E-state index in [0.29, 0.717) is 12.1 Å². The van der Waals surface area contributed by atoms with Crippen LogP contribution >= 0.6 is 11.8 Å². The summed E-state index contributed by atoms with van der Waals surface area (Å²) in [7, 11) is 0. The summed E-state index contributed by atoms with van der Waals surface area (Å²) in [5.74, 6) is 0.778. The van der Waals surface area contributed by atoms with Crippen molar-refractivity contribution in [1.29, 1.82) is 0 Å². The molecule has 0 spiro atoms. The third-order valence-electron chi connectivity index (χ3n) is 5.27. The number of nitrogens with zero attached hydrogens (tertiary/aromatic N) is 2. The lowest BCUT2D eigenvalue weighted by molar-refractivity contribution is 0.0928. The van der Waals surface area contributed by atoms with Crippen LogP contribution in [0.15, 0.2) is 66.1 Å². The van der Waals surface area contributed by atoms with Crippen molar-refractivity contribution in [3.8, 4) is 0 Å². The van der Waals surface area contributed by atoms with Gasteiger partial charge in [0.05, 0.1) is 0 Å². The molecule has 0 atom stereocenters. The molecule has 2 N–H and O–H groups in total. The van der Waals surface area contributed by atoms with Crippen LogP contribution in [0.25, 0.3) is 0 Å². The fraction of sp³-hybridized carbons (Fsp3) is 0.286. The lowest BCUT2D eigenvalue weighted by Crippen LogP contribution is -2.45. The Labute approximate surface area is 163 Å². The third-order valence-corrected chi connectivity index (χ3v) is 6.22. The normalized spacial score (nSPS) is 15.1. The Kier molecular flexibility index (Phi) is 5.25. The minimum Gasteiger partial charge on any atom is -0.351 e. The predicted octanol–water partition coefficient (Wildman–Crippen LogP) is 3.95. The molecule has 2 aromatic carbocycles. The third kappa shape index (κ3) is 4.06. The van der Waals surface area contributed by atoms with Crippen molar-refractivity contribution in [3.05, 3.63) is 77.6 Å². The van der Waals surface area contributed by atoms with E-state index in [1.54, 1.807) is 11.8 Å². The minimum absolute atomic E-state index is 0.00774. The second-order valence-electron chi connectivity index (χ2n) is 6.96. The number of amides is 1. The molecule has 1 saturated carbocycles. The molecule has 0 radical (unpaired) electrons. The largest absolute Gasteiger partial charge is 0.351 e. The molecule has 1 aliphatic rings. The number of aromatic nitrogens is 3. The van der Waals surface area contributed by atoms with Crippen LogP contribution in [-0.4, -0.2) is 27.6 Å². The summed E-state index contributed by atoms with van der Waals surface area (Å²) in [5, 5.41) is 10.6. The standard InChI is InChI=1S/C21H22N4OS/c26-19(22-14-21(11-4-12-21)18-5-2-1-3-6-18)17-9-7-16(8-10-17)13-27-20-23-15-24-25-20/h1-3,5-10,15H,4,11-14H2,(H,22,26)(H,23,24,25). The number of carbonyl (C=O) groups is 1. The fourth-order valence-electron chi connectivity index (χ4n) is 3.48. The van der Waals surface area contributed by atoms with E-state index in [0.717, 1.165) is 29.3 Å². The summed E-state index contributed by atoms with van der Waals surface area (Å²) in [4.78, 5) is 16.7. The van der Waals surface area contributed by atoms with Crippen LogP contribution in [0.4, 0.5) is 0 Å². The second kappa shape index (κ2) is 7.96. The molecule has 6 heteroatoms. The molecule has 3 aromatic rings. The molecule has 1 aliphatic carbocycles. The van der Waals surface area contributed by atoms with Gasteiger partial charge in [0, 0.05) is 23.3 Å². The van der Waals surface area contributed by atoms with E-state index in [1.807, 2.05) is 30.3 Å². The zero-order chi connectivity index (χ0) is 18.5. The Hall–Kier alpha value is -2.60. The van der Waals surface area contributed by atoms with Crippen molar-refractivity contribution in [3.63, 3.8) is 0 Å². The summed E-state index contributed by atoms with van der Waals surface area (Å²) in [6.07, 6.45) is 4.99. The van der Waals surface area contributed by atoms with Crippen molar-refractivity contribution in [2.24, 2.45) is 0 Å². The lowest BCUT2D eigenvalue weighted by Gasteiger charge is -2.42. The minimum atomic E-state index is -0.00774. The molecule has 0 unspecified atom stereocenters. The highest BCUT2D eigenvalue weighted by molar-refractivity contribution is 7.98. The summed E-state index contributed by atoms with van der Waals surface area (Å²) in [5.41, 5.74) is 3.28. The van der Waals surface area contributed by atoms with E-state index >= 15 is 0 Å². The molecule has 1 amide bonds. The molecule has 1 fully saturated rings. The molecule has 0 saturated heterocycles. The second-order valence-corrected chi connectivity index (χ2v) is 7.92. The average molecular weight is 379 g/mol. The summed E-state index contributed by atoms with van der Waals surface area (Å²) < 4.78 is 0. The van der Waals surface area contributed by atoms with E-state index in [-0.39, 0.29) is 11.3 Å². The fourth-order valence-corrected chi connectivity index (χ4v) is 4.22. The zero-order valence-corrected chi connectivity index (χ0v) is 15.8. The Morgan fingerprint density at radius 3 is 2.52 bits per heavy atom. The van der Waals surface area contributed by atoms with Crippen LogP contribution in [0, 0.1) is 0 Å². The first-order valence-corrected chi connectivity index (χ1v) is 10.1. The Morgan fingerprint density at radius 2 is 1.89 bits per heavy atom. The van der Waals surface area contributed by atoms with E-state index in [4.69, 9.17) is 0 Å². The molecule has 5 nitrogen and oxygen atoms in total. The quantitative estimate of drug-likeness (QED) is 0.611. The molecule has 1 aromatic heterocycles. The van der Waals surface area contributed by atoms with Crippen LogP contribution in [0.1, 0.15) is 40.7 Å². The van der Waals surface area contributed by atoms with Crippen molar-refractivity contribution in [1.82, 2.24) is 20.5 Å². The summed E-state index contributed by atoms with van der Waals surface area (Å²) in [6.45, 7) is 0.693. The molecule has 27 heavy (non-hydrogen) atoms. The molecular formula is C21H22N4OS. The molecular weight excluding hydrogens is 356 g/mol. The van der Waals surface area contributed by atoms with Crippen LogP contribution < -0.4 is 5.32 Å². The SMILES string of the molecule is O=C(NCC1(c2ccccc2)CCC1)c1ccc(CSc2ncn[nH]2)cc1. The van der Waals surface area contributed by atoms with E-state index in [1.165, 1.54) is 18.3 Å². The van der Waals surface area contributed by atoms with Gasteiger partial charge in [0.15, 0.2) is 5.16 Å². The number of nitrogens with one attached hydrogen (secondary N) is 2. The molecule has 0 bridgehead atoms. The smallest absolute Gasteiger partial charge is 0.251 e. The number of hydrogen-bond acceptors (Lipinski definition) is 4. The van der Waals surface area contributed by atoms with Gasteiger partial charge in [-0.15, -0.1) is 0 Å². The monoisotopic (exact) mass is 378 g/mol. The van der Waals surface area contributed by atoms with E-state index in [2.05, 4.69) is 44.8 Å². The number of H-pyrrole nitrogens is 1. The van der Waals surface area contributed by atoms with Gasteiger partial charge in [-0.25, -0.2) is 4.98 Å². The molecule has 0 aliphatic heterocycles. The van der Waals surface area contributed by atoms with E-state index < -0.39 is 0 Å². The molecule has 4 rings (SSSR count). The van der Waals surface area contributed by atoms with Crippen molar-refractivity contribution < 1.29 is 4.79 Å². The number of thioether (sulfide) groups is 1. The topological polar surface area (TPSA) is 70.7 Å². The van der Waals surface area contributed by atoms with Gasteiger partial charge in [-0.1, -0.05) is 60.6 Å². The van der Waals surface area contributed by atoms with Crippen molar-refractivity contribution in [2.45, 2.75) is 35.6 Å². The van der Waals surface area contributed by atoms with Crippen molar-refractivity contribution >= 4 is 17.7 Å². The van der Waals surface area contributed by atoms with Gasteiger partial charge < -0.3 is 5.32 Å². The first kappa shape index (κ1) is 17.8. The maximum atomic E-state index is 12.6. The Bertz CT molecular complexity index is 874. The summed E-state index contributed by atoms with van der Waals surface area (Å²) in [6, 6.07) is 18.3. The number of aromatic amines is 1. The van der Waals surface area contributed by atoms with Gasteiger partial charge in [0.25, 0.3) is 5.91 Å². The lowest BCUT2D eigenvalue weighted by atomic mass is 9.64. The van der Waals surface area contributed by atoms with Gasteiger partial charge in [0.2, 0.25) is 0 Å². The highest BCUT2D eigenvalue weighted by Crippen LogP contribution is 2.43. The number of carbonyl (C=O) groups excluding carboxylic acids is 1. The summed E-state index contributed by atoms with van der Waals surface area (Å²) >= 11 is 1.59. The Balaban J connectivity index is 1.34. The van der Waals surface area contributed by atoms with Crippen LogP contribution in [0.3, 0.4) is 0 Å². The highest BCUT2D eigenvalue weighted by Gasteiger charge is 2.38. The van der Waals surface area contributed by atoms with Gasteiger partial charge >= 0.3 is 0 Å². The zero-order valence-electron chi connectivity index (χ0n) is 15.0. The Morgan fingerprint density at radius 1 is 1.11 bits per heavy atom. The maximum Gasteiger partial charge on any atom is 0.251 e. The first-order chi connectivity index (χ1) is 13.3. The predicted molar refractivity (Wildman–Crippen MR) is 107 cm³/mol. The van der Waals surface area contributed by atoms with Crippen LogP contribution in [-0.2, 0) is 11.2 Å². The maximum absolute atomic E-state index is 12.6.